The SMILES string of the molecule is CC(=O)N[C@H]1C(O)O[C@H](C(O)Cc2ccccc2)[C@](O)(Cc2ccccc2)[C@@]1(O)Cc1ccccc1. The van der Waals surface area contributed by atoms with Gasteiger partial charge in [0.2, 0.25) is 5.91 Å². The van der Waals surface area contributed by atoms with Crippen LogP contribution in [-0.4, -0.2) is 62.1 Å². The molecule has 1 aliphatic rings. The Kier molecular flexibility index (Phi) is 7.88. The van der Waals surface area contributed by atoms with Gasteiger partial charge in [0.25, 0.3) is 0 Å². The average Bonchev–Trinajstić information content (AvgIpc) is 2.86. The van der Waals surface area contributed by atoms with Crippen LogP contribution in [0.5, 0.6) is 0 Å². The van der Waals surface area contributed by atoms with Crippen molar-refractivity contribution >= 4 is 5.91 Å². The highest BCUT2D eigenvalue weighted by Gasteiger charge is 2.66. The third kappa shape index (κ3) is 5.36. The number of hydrogen-bond donors (Lipinski definition) is 5. The highest BCUT2D eigenvalue weighted by atomic mass is 16.6. The summed E-state index contributed by atoms with van der Waals surface area (Å²) in [6.07, 6.45) is -4.37. The summed E-state index contributed by atoms with van der Waals surface area (Å²) < 4.78 is 5.84. The van der Waals surface area contributed by atoms with Gasteiger partial charge in [0.1, 0.15) is 23.3 Å². The molecule has 0 radical (unpaired) electrons. The van der Waals surface area contributed by atoms with Gasteiger partial charge in [-0.1, -0.05) is 91.0 Å². The molecule has 36 heavy (non-hydrogen) atoms. The summed E-state index contributed by atoms with van der Waals surface area (Å²) >= 11 is 0. The normalized spacial score (nSPS) is 28.9. The fourth-order valence-electron chi connectivity index (χ4n) is 5.20. The smallest absolute Gasteiger partial charge is 0.217 e. The molecule has 0 spiro atoms. The summed E-state index contributed by atoms with van der Waals surface area (Å²) in [7, 11) is 0. The van der Waals surface area contributed by atoms with Crippen LogP contribution in [-0.2, 0) is 28.8 Å². The molecule has 0 aliphatic carbocycles. The lowest BCUT2D eigenvalue weighted by Gasteiger charge is -2.57. The highest BCUT2D eigenvalue weighted by Crippen LogP contribution is 2.44. The van der Waals surface area contributed by atoms with Crippen LogP contribution in [0.1, 0.15) is 23.6 Å². The maximum Gasteiger partial charge on any atom is 0.217 e. The van der Waals surface area contributed by atoms with Crippen molar-refractivity contribution in [2.24, 2.45) is 0 Å². The van der Waals surface area contributed by atoms with E-state index in [0.717, 1.165) is 5.56 Å². The third-order valence-electron chi connectivity index (χ3n) is 6.93. The summed E-state index contributed by atoms with van der Waals surface area (Å²) in [6, 6.07) is 26.0. The van der Waals surface area contributed by atoms with Crippen molar-refractivity contribution in [1.82, 2.24) is 5.32 Å². The predicted octanol–water partition coefficient (Wildman–Crippen LogP) is 1.76. The summed E-state index contributed by atoms with van der Waals surface area (Å²) in [6.45, 7) is 1.27. The number of aliphatic hydroxyl groups is 4. The van der Waals surface area contributed by atoms with E-state index in [2.05, 4.69) is 5.32 Å². The Bertz CT molecular complexity index is 1130. The van der Waals surface area contributed by atoms with Crippen molar-refractivity contribution < 1.29 is 30.0 Å². The first-order valence-electron chi connectivity index (χ1n) is 12.1. The van der Waals surface area contributed by atoms with Gasteiger partial charge in [-0.15, -0.1) is 0 Å². The summed E-state index contributed by atoms with van der Waals surface area (Å²) in [5, 5.41) is 49.7. The van der Waals surface area contributed by atoms with E-state index in [1.165, 1.54) is 6.92 Å². The Labute approximate surface area is 211 Å². The second-order valence-corrected chi connectivity index (χ2v) is 9.56. The molecule has 4 rings (SSSR count). The Hall–Kier alpha value is -3.07. The minimum Gasteiger partial charge on any atom is -0.390 e. The maximum atomic E-state index is 12.4. The molecule has 3 aromatic rings. The van der Waals surface area contributed by atoms with Gasteiger partial charge in [-0.25, -0.2) is 0 Å². The lowest BCUT2D eigenvalue weighted by Crippen LogP contribution is -2.80. The van der Waals surface area contributed by atoms with E-state index in [1.54, 1.807) is 36.4 Å². The lowest BCUT2D eigenvalue weighted by atomic mass is 9.64. The van der Waals surface area contributed by atoms with Gasteiger partial charge in [0.05, 0.1) is 6.10 Å². The molecule has 1 amide bonds. The summed E-state index contributed by atoms with van der Waals surface area (Å²) in [4.78, 5) is 12.1. The van der Waals surface area contributed by atoms with E-state index in [1.807, 2.05) is 54.6 Å². The largest absolute Gasteiger partial charge is 0.390 e. The Morgan fingerprint density at radius 3 is 1.75 bits per heavy atom. The Balaban J connectivity index is 1.82. The predicted molar refractivity (Wildman–Crippen MR) is 135 cm³/mol. The van der Waals surface area contributed by atoms with Crippen LogP contribution in [0.4, 0.5) is 0 Å². The molecule has 1 heterocycles. The molecule has 1 aliphatic heterocycles. The van der Waals surface area contributed by atoms with Crippen LogP contribution in [0.2, 0.25) is 0 Å². The van der Waals surface area contributed by atoms with Gasteiger partial charge < -0.3 is 30.5 Å². The summed E-state index contributed by atoms with van der Waals surface area (Å²) in [5.74, 6) is -0.500. The van der Waals surface area contributed by atoms with Crippen LogP contribution >= 0.6 is 0 Å². The van der Waals surface area contributed by atoms with Gasteiger partial charge in [0.15, 0.2) is 6.29 Å². The molecule has 0 saturated carbocycles. The van der Waals surface area contributed by atoms with Gasteiger partial charge in [-0.05, 0) is 16.7 Å². The quantitative estimate of drug-likeness (QED) is 0.328. The zero-order chi connectivity index (χ0) is 25.8. The molecule has 3 aromatic carbocycles. The highest BCUT2D eigenvalue weighted by molar-refractivity contribution is 5.73. The first kappa shape index (κ1) is 26.0. The first-order chi connectivity index (χ1) is 17.2. The molecular formula is C29H33NO6. The van der Waals surface area contributed by atoms with E-state index >= 15 is 0 Å². The number of aliphatic hydroxyl groups excluding tert-OH is 2. The maximum absolute atomic E-state index is 12.4. The van der Waals surface area contributed by atoms with Gasteiger partial charge in [-0.2, -0.15) is 0 Å². The number of ether oxygens (including phenoxy) is 1. The van der Waals surface area contributed by atoms with Gasteiger partial charge in [-0.3, -0.25) is 4.79 Å². The monoisotopic (exact) mass is 491 g/mol. The second-order valence-electron chi connectivity index (χ2n) is 9.56. The van der Waals surface area contributed by atoms with Crippen molar-refractivity contribution in [1.29, 1.82) is 0 Å². The minimum absolute atomic E-state index is 0.0868. The number of benzene rings is 3. The average molecular weight is 492 g/mol. The molecule has 5 N–H and O–H groups in total. The summed E-state index contributed by atoms with van der Waals surface area (Å²) in [5.41, 5.74) is -2.00. The molecule has 1 fully saturated rings. The lowest BCUT2D eigenvalue weighted by molar-refractivity contribution is -0.337. The van der Waals surface area contributed by atoms with E-state index in [4.69, 9.17) is 4.74 Å². The van der Waals surface area contributed by atoms with Crippen LogP contribution in [0, 0.1) is 0 Å². The first-order valence-corrected chi connectivity index (χ1v) is 12.1. The third-order valence-corrected chi connectivity index (χ3v) is 6.93. The van der Waals surface area contributed by atoms with Gasteiger partial charge in [0, 0.05) is 26.2 Å². The van der Waals surface area contributed by atoms with Crippen molar-refractivity contribution in [3.8, 4) is 0 Å². The number of amides is 1. The Morgan fingerprint density at radius 1 is 0.833 bits per heavy atom. The van der Waals surface area contributed by atoms with Crippen LogP contribution in [0.3, 0.4) is 0 Å². The fraction of sp³-hybridized carbons (Fsp3) is 0.345. The number of rotatable bonds is 8. The number of nitrogens with one attached hydrogen (secondary N) is 1. The van der Waals surface area contributed by atoms with E-state index in [0.29, 0.717) is 11.1 Å². The van der Waals surface area contributed by atoms with E-state index in [9.17, 15) is 25.2 Å². The van der Waals surface area contributed by atoms with Crippen LogP contribution in [0.25, 0.3) is 0 Å². The van der Waals surface area contributed by atoms with E-state index < -0.39 is 41.6 Å². The zero-order valence-corrected chi connectivity index (χ0v) is 20.2. The Morgan fingerprint density at radius 2 is 1.28 bits per heavy atom. The molecular weight excluding hydrogens is 458 g/mol. The van der Waals surface area contributed by atoms with E-state index in [-0.39, 0.29) is 19.3 Å². The van der Waals surface area contributed by atoms with Crippen molar-refractivity contribution in [2.75, 3.05) is 0 Å². The van der Waals surface area contributed by atoms with Crippen molar-refractivity contribution in [3.05, 3.63) is 108 Å². The number of carbonyl (C=O) groups excluding carboxylic acids is 1. The molecule has 7 nitrogen and oxygen atoms in total. The number of carbonyl (C=O) groups is 1. The van der Waals surface area contributed by atoms with Gasteiger partial charge >= 0.3 is 0 Å². The van der Waals surface area contributed by atoms with Crippen LogP contribution < -0.4 is 5.32 Å². The molecule has 0 bridgehead atoms. The molecule has 1 saturated heterocycles. The van der Waals surface area contributed by atoms with Crippen molar-refractivity contribution in [2.45, 2.75) is 61.9 Å². The topological polar surface area (TPSA) is 119 Å². The molecule has 2 unspecified atom stereocenters. The standard InChI is InChI=1S/C29H33NO6/c1-20(31)30-25-27(33)36-26(24(32)17-21-11-5-2-6-12-21)29(35,19-23-15-9-4-10-16-23)28(25,34)18-22-13-7-3-8-14-22/h2-16,24-27,32-35H,17-19H2,1H3,(H,30,31)/t24?,25-,26+,27?,28+,29+/m0/s1. The minimum atomic E-state index is -2.10. The molecule has 0 aromatic heterocycles. The second kappa shape index (κ2) is 10.9. The molecule has 190 valence electrons. The fourth-order valence-corrected chi connectivity index (χ4v) is 5.20. The molecule has 7 heteroatoms. The zero-order valence-electron chi connectivity index (χ0n) is 20.2. The van der Waals surface area contributed by atoms with Crippen molar-refractivity contribution in [3.63, 3.8) is 0 Å². The molecule has 6 atom stereocenters. The van der Waals surface area contributed by atoms with Crippen LogP contribution in [0.15, 0.2) is 91.0 Å². The number of hydrogen-bond acceptors (Lipinski definition) is 6.